The van der Waals surface area contributed by atoms with Crippen molar-refractivity contribution in [2.45, 2.75) is 25.8 Å². The van der Waals surface area contributed by atoms with Crippen molar-refractivity contribution in [1.29, 1.82) is 0 Å². The number of primary amides is 1. The van der Waals surface area contributed by atoms with Crippen LogP contribution in [-0.2, 0) is 11.2 Å². The lowest BCUT2D eigenvalue weighted by Gasteiger charge is -2.15. The number of urea groups is 1. The number of hydrogen-bond acceptors (Lipinski definition) is 6. The number of aryl methyl sites for hydroxylation is 1. The fourth-order valence-corrected chi connectivity index (χ4v) is 3.16. The minimum absolute atomic E-state index is 0.0878. The van der Waals surface area contributed by atoms with Crippen LogP contribution < -0.4 is 16.4 Å². The molecule has 1 atom stereocenters. The summed E-state index contributed by atoms with van der Waals surface area (Å²) in [5, 5.41) is 16.3. The third-order valence-corrected chi connectivity index (χ3v) is 4.58. The van der Waals surface area contributed by atoms with Crippen LogP contribution in [0.3, 0.4) is 0 Å². The minimum atomic E-state index is -0.662. The van der Waals surface area contributed by atoms with E-state index in [1.165, 1.54) is 22.7 Å². The lowest BCUT2D eigenvalue weighted by molar-refractivity contribution is -0.116. The van der Waals surface area contributed by atoms with Crippen molar-refractivity contribution in [2.24, 2.45) is 5.73 Å². The molecule has 0 aliphatic carbocycles. The minimum Gasteiger partial charge on any atom is -0.352 e. The lowest BCUT2D eigenvalue weighted by Crippen LogP contribution is -2.34. The van der Waals surface area contributed by atoms with Crippen LogP contribution in [0.2, 0.25) is 0 Å². The van der Waals surface area contributed by atoms with Crippen LogP contribution >= 0.6 is 22.7 Å². The molecule has 0 aliphatic rings. The van der Waals surface area contributed by atoms with Gasteiger partial charge in [-0.25, -0.2) is 4.79 Å². The highest BCUT2D eigenvalue weighted by Gasteiger charge is 2.19. The molecule has 2 heterocycles. The van der Waals surface area contributed by atoms with Crippen molar-refractivity contribution in [1.82, 2.24) is 15.5 Å². The SMILES string of the molecule is CCc1nnc(NC(=O)CC(NC(N)=O)c2cccs2)s1. The first-order valence-corrected chi connectivity index (χ1v) is 7.99. The molecule has 2 aromatic rings. The first-order chi connectivity index (χ1) is 10.1. The van der Waals surface area contributed by atoms with E-state index in [0.29, 0.717) is 5.13 Å². The number of aromatic nitrogens is 2. The average Bonchev–Trinajstić information content (AvgIpc) is 3.08. The molecule has 0 aromatic carbocycles. The number of carbonyl (C=O) groups excluding carboxylic acids is 2. The Labute approximate surface area is 129 Å². The second kappa shape index (κ2) is 7.14. The van der Waals surface area contributed by atoms with Crippen LogP contribution in [0.25, 0.3) is 0 Å². The Kier molecular flexibility index (Phi) is 5.23. The van der Waals surface area contributed by atoms with Gasteiger partial charge in [-0.3, -0.25) is 4.79 Å². The monoisotopic (exact) mass is 325 g/mol. The summed E-state index contributed by atoms with van der Waals surface area (Å²) in [7, 11) is 0. The number of amides is 3. The molecule has 21 heavy (non-hydrogen) atoms. The van der Waals surface area contributed by atoms with Crippen molar-refractivity contribution in [3.05, 3.63) is 27.4 Å². The Morgan fingerprint density at radius 3 is 2.81 bits per heavy atom. The fourth-order valence-electron chi connectivity index (χ4n) is 1.69. The number of carbonyl (C=O) groups is 2. The Morgan fingerprint density at radius 2 is 2.24 bits per heavy atom. The molecular formula is C12H15N5O2S2. The molecule has 112 valence electrons. The quantitative estimate of drug-likeness (QED) is 0.753. The Bertz CT molecular complexity index is 611. The van der Waals surface area contributed by atoms with Crippen molar-refractivity contribution in [3.8, 4) is 0 Å². The lowest BCUT2D eigenvalue weighted by atomic mass is 10.1. The third-order valence-electron chi connectivity index (χ3n) is 2.61. The molecule has 2 aromatic heterocycles. The maximum atomic E-state index is 12.0. The van der Waals surface area contributed by atoms with Gasteiger partial charge in [0.2, 0.25) is 11.0 Å². The van der Waals surface area contributed by atoms with Crippen LogP contribution in [-0.4, -0.2) is 22.1 Å². The van der Waals surface area contributed by atoms with Gasteiger partial charge >= 0.3 is 6.03 Å². The molecule has 0 aliphatic heterocycles. The van der Waals surface area contributed by atoms with E-state index in [0.717, 1.165) is 16.3 Å². The number of rotatable bonds is 6. The van der Waals surface area contributed by atoms with E-state index < -0.39 is 12.1 Å². The number of nitrogens with zero attached hydrogens (tertiary/aromatic N) is 2. The molecule has 3 amide bonds. The number of nitrogens with two attached hydrogens (primary N) is 1. The highest BCUT2D eigenvalue weighted by molar-refractivity contribution is 7.15. The first kappa shape index (κ1) is 15.4. The molecule has 1 unspecified atom stereocenters. The van der Waals surface area contributed by atoms with Gasteiger partial charge in [0.1, 0.15) is 5.01 Å². The second-order valence-electron chi connectivity index (χ2n) is 4.18. The van der Waals surface area contributed by atoms with Gasteiger partial charge in [-0.2, -0.15) is 0 Å². The van der Waals surface area contributed by atoms with Crippen molar-refractivity contribution >= 4 is 39.7 Å². The summed E-state index contributed by atoms with van der Waals surface area (Å²) < 4.78 is 0. The zero-order valence-electron chi connectivity index (χ0n) is 11.3. The molecule has 0 saturated heterocycles. The number of thiophene rings is 1. The molecular weight excluding hydrogens is 310 g/mol. The highest BCUT2D eigenvalue weighted by Crippen LogP contribution is 2.23. The maximum Gasteiger partial charge on any atom is 0.312 e. The Morgan fingerprint density at radius 1 is 1.43 bits per heavy atom. The van der Waals surface area contributed by atoms with E-state index in [9.17, 15) is 9.59 Å². The molecule has 0 spiro atoms. The zero-order chi connectivity index (χ0) is 15.2. The summed E-state index contributed by atoms with van der Waals surface area (Å²) in [4.78, 5) is 24.0. The highest BCUT2D eigenvalue weighted by atomic mass is 32.1. The number of nitrogens with one attached hydrogen (secondary N) is 2. The smallest absolute Gasteiger partial charge is 0.312 e. The van der Waals surface area contributed by atoms with Crippen LogP contribution in [0.4, 0.5) is 9.93 Å². The standard InChI is InChI=1S/C12H15N5O2S2/c1-2-10-16-17-12(21-10)15-9(18)6-7(14-11(13)19)8-4-3-5-20-8/h3-5,7H,2,6H2,1H3,(H3,13,14,19)(H,15,17,18). The summed E-state index contributed by atoms with van der Waals surface area (Å²) >= 11 is 2.79. The fraction of sp³-hybridized carbons (Fsp3) is 0.333. The summed E-state index contributed by atoms with van der Waals surface area (Å²) in [6, 6.07) is 2.59. The van der Waals surface area contributed by atoms with Crippen LogP contribution in [0, 0.1) is 0 Å². The molecule has 9 heteroatoms. The van der Waals surface area contributed by atoms with Crippen LogP contribution in [0.5, 0.6) is 0 Å². The maximum absolute atomic E-state index is 12.0. The predicted octanol–water partition coefficient (Wildman–Crippen LogP) is 1.90. The third kappa shape index (κ3) is 4.50. The van der Waals surface area contributed by atoms with Gasteiger partial charge in [0.25, 0.3) is 0 Å². The van der Waals surface area contributed by atoms with Gasteiger partial charge in [0.15, 0.2) is 0 Å². The topological polar surface area (TPSA) is 110 Å². The van der Waals surface area contributed by atoms with Gasteiger partial charge in [0, 0.05) is 4.88 Å². The van der Waals surface area contributed by atoms with E-state index in [4.69, 9.17) is 5.73 Å². The summed E-state index contributed by atoms with van der Waals surface area (Å²) in [6.07, 6.45) is 0.860. The Balaban J connectivity index is 1.99. The largest absolute Gasteiger partial charge is 0.352 e. The second-order valence-corrected chi connectivity index (χ2v) is 6.22. The molecule has 0 radical (unpaired) electrons. The van der Waals surface area contributed by atoms with Crippen molar-refractivity contribution < 1.29 is 9.59 Å². The molecule has 0 bridgehead atoms. The molecule has 4 N–H and O–H groups in total. The number of hydrogen-bond donors (Lipinski definition) is 3. The van der Waals surface area contributed by atoms with Crippen LogP contribution in [0.1, 0.15) is 29.3 Å². The zero-order valence-corrected chi connectivity index (χ0v) is 13.0. The molecule has 0 fully saturated rings. The summed E-state index contributed by atoms with van der Waals surface area (Å²) in [6.45, 7) is 1.97. The van der Waals surface area contributed by atoms with Gasteiger partial charge < -0.3 is 16.4 Å². The predicted molar refractivity (Wildman–Crippen MR) is 82.3 cm³/mol. The van der Waals surface area contributed by atoms with Gasteiger partial charge in [0.05, 0.1) is 12.5 Å². The van der Waals surface area contributed by atoms with Crippen molar-refractivity contribution in [3.63, 3.8) is 0 Å². The van der Waals surface area contributed by atoms with E-state index >= 15 is 0 Å². The van der Waals surface area contributed by atoms with Crippen LogP contribution in [0.15, 0.2) is 17.5 Å². The van der Waals surface area contributed by atoms with Gasteiger partial charge in [-0.15, -0.1) is 21.5 Å². The normalized spacial score (nSPS) is 11.9. The van der Waals surface area contributed by atoms with Crippen molar-refractivity contribution in [2.75, 3.05) is 5.32 Å². The van der Waals surface area contributed by atoms with E-state index in [1.54, 1.807) is 0 Å². The van der Waals surface area contributed by atoms with Gasteiger partial charge in [-0.1, -0.05) is 24.3 Å². The number of anilines is 1. The summed E-state index contributed by atoms with van der Waals surface area (Å²) in [5.74, 6) is -0.249. The van der Waals surface area contributed by atoms with E-state index in [2.05, 4.69) is 20.8 Å². The Hall–Kier alpha value is -2.00. The van der Waals surface area contributed by atoms with E-state index in [-0.39, 0.29) is 12.3 Å². The average molecular weight is 325 g/mol. The van der Waals surface area contributed by atoms with Gasteiger partial charge in [-0.05, 0) is 17.9 Å². The summed E-state index contributed by atoms with van der Waals surface area (Å²) in [5.41, 5.74) is 5.15. The molecule has 7 nitrogen and oxygen atoms in total. The first-order valence-electron chi connectivity index (χ1n) is 6.30. The van der Waals surface area contributed by atoms with E-state index in [1.807, 2.05) is 24.4 Å². The molecule has 0 saturated carbocycles. The molecule has 2 rings (SSSR count).